The highest BCUT2D eigenvalue weighted by molar-refractivity contribution is 8.00. The molecule has 0 spiro atoms. The van der Waals surface area contributed by atoms with E-state index < -0.39 is 29.0 Å². The number of anilines is 1. The number of hydrogen-bond donors (Lipinski definition) is 1. The number of benzene rings is 3. The fraction of sp³-hybridized carbons (Fsp3) is 0.130. The number of carbonyl (C=O) groups is 2. The third kappa shape index (κ3) is 5.93. The second kappa shape index (κ2) is 9.89. The molecule has 0 saturated heterocycles. The number of thioether (sulfide) groups is 1. The highest BCUT2D eigenvalue weighted by Gasteiger charge is 2.27. The predicted molar refractivity (Wildman–Crippen MR) is 112 cm³/mol. The van der Waals surface area contributed by atoms with Crippen LogP contribution in [0, 0.1) is 5.82 Å². The van der Waals surface area contributed by atoms with Crippen molar-refractivity contribution in [2.75, 3.05) is 5.32 Å². The highest BCUT2D eigenvalue weighted by atomic mass is 32.2. The zero-order valence-electron chi connectivity index (χ0n) is 15.7. The fourth-order valence-corrected chi connectivity index (χ4v) is 3.61. The van der Waals surface area contributed by atoms with Crippen LogP contribution in [0.4, 0.5) is 10.1 Å². The maximum atomic E-state index is 13.0. The van der Waals surface area contributed by atoms with Gasteiger partial charge in [0.05, 0.1) is 0 Å². The topological polar surface area (TPSA) is 55.4 Å². The van der Waals surface area contributed by atoms with E-state index in [0.29, 0.717) is 5.69 Å². The molecular weight excluding hydrogens is 389 g/mol. The summed E-state index contributed by atoms with van der Waals surface area (Å²) in [6, 6.07) is 24.2. The van der Waals surface area contributed by atoms with E-state index in [4.69, 9.17) is 4.74 Å². The van der Waals surface area contributed by atoms with Crippen LogP contribution in [0.5, 0.6) is 0 Å². The van der Waals surface area contributed by atoms with Gasteiger partial charge in [0, 0.05) is 10.6 Å². The first-order chi connectivity index (χ1) is 14.0. The number of carbonyl (C=O) groups excluding carboxylic acids is 2. The summed E-state index contributed by atoms with van der Waals surface area (Å²) >= 11 is 1.36. The second-order valence-corrected chi connectivity index (χ2v) is 7.48. The van der Waals surface area contributed by atoms with Crippen LogP contribution in [-0.2, 0) is 14.3 Å². The number of hydrogen-bond acceptors (Lipinski definition) is 4. The Morgan fingerprint density at radius 1 is 0.897 bits per heavy atom. The molecule has 0 aliphatic rings. The van der Waals surface area contributed by atoms with Gasteiger partial charge in [-0.25, -0.2) is 4.39 Å². The maximum absolute atomic E-state index is 13.0. The molecule has 4 nitrogen and oxygen atoms in total. The van der Waals surface area contributed by atoms with Crippen LogP contribution >= 0.6 is 11.8 Å². The number of ether oxygens (including phenoxy) is 1. The molecule has 0 fully saturated rings. The summed E-state index contributed by atoms with van der Waals surface area (Å²) in [4.78, 5) is 26.2. The molecule has 0 bridgehead atoms. The molecule has 2 atom stereocenters. The molecular formula is C23H20FNO3S. The predicted octanol–water partition coefficient (Wildman–Crippen LogP) is 5.23. The van der Waals surface area contributed by atoms with Gasteiger partial charge in [-0.15, -0.1) is 11.8 Å². The first-order valence-corrected chi connectivity index (χ1v) is 9.94. The van der Waals surface area contributed by atoms with Crippen LogP contribution < -0.4 is 5.32 Å². The third-order valence-corrected chi connectivity index (χ3v) is 5.33. The SMILES string of the molecule is C[C@H](OC(=O)[C@@H](Sc1ccccc1)c1ccccc1)C(=O)Nc1ccc(F)cc1. The lowest BCUT2D eigenvalue weighted by atomic mass is 10.1. The number of halogens is 1. The highest BCUT2D eigenvalue weighted by Crippen LogP contribution is 2.36. The summed E-state index contributed by atoms with van der Waals surface area (Å²) in [6.07, 6.45) is -1.00. The molecule has 0 aliphatic heterocycles. The Morgan fingerprint density at radius 2 is 1.48 bits per heavy atom. The summed E-state index contributed by atoms with van der Waals surface area (Å²) in [5.74, 6) is -1.39. The van der Waals surface area contributed by atoms with Gasteiger partial charge in [-0.2, -0.15) is 0 Å². The number of rotatable bonds is 7. The molecule has 0 aromatic heterocycles. The average Bonchev–Trinajstić information content (AvgIpc) is 2.75. The minimum Gasteiger partial charge on any atom is -0.451 e. The standard InChI is InChI=1S/C23H20FNO3S/c1-16(22(26)25-19-14-12-18(24)13-15-19)28-23(27)21(17-8-4-2-5-9-17)29-20-10-6-3-7-11-20/h2-16,21H,1H3,(H,25,26)/t16-,21-/m0/s1. The van der Waals surface area contributed by atoms with Crippen LogP contribution in [0.3, 0.4) is 0 Å². The van der Waals surface area contributed by atoms with Crippen molar-refractivity contribution in [3.63, 3.8) is 0 Å². The summed E-state index contributed by atoms with van der Waals surface area (Å²) in [5.41, 5.74) is 1.22. The largest absolute Gasteiger partial charge is 0.451 e. The Balaban J connectivity index is 1.70. The second-order valence-electron chi connectivity index (χ2n) is 6.30. The van der Waals surface area contributed by atoms with Gasteiger partial charge in [0.15, 0.2) is 6.10 Å². The maximum Gasteiger partial charge on any atom is 0.324 e. The van der Waals surface area contributed by atoms with Crippen LogP contribution in [0.15, 0.2) is 89.8 Å². The number of nitrogens with one attached hydrogen (secondary N) is 1. The molecule has 1 amide bonds. The van der Waals surface area contributed by atoms with E-state index in [2.05, 4.69) is 5.32 Å². The van der Waals surface area contributed by atoms with Gasteiger partial charge in [0.2, 0.25) is 0 Å². The molecule has 1 N–H and O–H groups in total. The van der Waals surface area contributed by atoms with Gasteiger partial charge < -0.3 is 10.1 Å². The van der Waals surface area contributed by atoms with Crippen LogP contribution in [0.1, 0.15) is 17.7 Å². The van der Waals surface area contributed by atoms with Crippen LogP contribution in [0.2, 0.25) is 0 Å². The molecule has 3 aromatic rings. The quantitative estimate of drug-likeness (QED) is 0.429. The lowest BCUT2D eigenvalue weighted by Crippen LogP contribution is -2.31. The van der Waals surface area contributed by atoms with E-state index in [9.17, 15) is 14.0 Å². The van der Waals surface area contributed by atoms with E-state index in [-0.39, 0.29) is 0 Å². The van der Waals surface area contributed by atoms with E-state index in [1.54, 1.807) is 0 Å². The molecule has 0 radical (unpaired) electrons. The van der Waals surface area contributed by atoms with Crippen LogP contribution in [0.25, 0.3) is 0 Å². The monoisotopic (exact) mass is 409 g/mol. The minimum absolute atomic E-state index is 0.397. The molecule has 0 aliphatic carbocycles. The van der Waals surface area contributed by atoms with Crippen molar-refractivity contribution in [2.24, 2.45) is 0 Å². The lowest BCUT2D eigenvalue weighted by Gasteiger charge is -2.19. The van der Waals surface area contributed by atoms with E-state index in [0.717, 1.165) is 10.5 Å². The molecule has 3 aromatic carbocycles. The first-order valence-electron chi connectivity index (χ1n) is 9.06. The van der Waals surface area contributed by atoms with Gasteiger partial charge in [-0.05, 0) is 48.9 Å². The summed E-state index contributed by atoms with van der Waals surface area (Å²) < 4.78 is 18.5. The van der Waals surface area contributed by atoms with Crippen molar-refractivity contribution in [1.82, 2.24) is 0 Å². The smallest absolute Gasteiger partial charge is 0.324 e. The molecule has 3 rings (SSSR count). The van der Waals surface area contributed by atoms with Crippen molar-refractivity contribution < 1.29 is 18.7 Å². The molecule has 0 heterocycles. The van der Waals surface area contributed by atoms with Gasteiger partial charge in [0.1, 0.15) is 11.1 Å². The van der Waals surface area contributed by atoms with Gasteiger partial charge in [-0.3, -0.25) is 9.59 Å². The van der Waals surface area contributed by atoms with Crippen molar-refractivity contribution >= 4 is 29.3 Å². The van der Waals surface area contributed by atoms with Crippen LogP contribution in [-0.4, -0.2) is 18.0 Å². The zero-order valence-corrected chi connectivity index (χ0v) is 16.6. The lowest BCUT2D eigenvalue weighted by molar-refractivity contribution is -0.152. The van der Waals surface area contributed by atoms with Gasteiger partial charge in [-0.1, -0.05) is 48.5 Å². The molecule has 148 valence electrons. The third-order valence-electron chi connectivity index (χ3n) is 4.09. The molecule has 6 heteroatoms. The Morgan fingerprint density at radius 3 is 2.10 bits per heavy atom. The Hall–Kier alpha value is -3.12. The van der Waals surface area contributed by atoms with E-state index in [1.807, 2.05) is 60.7 Å². The fourth-order valence-electron chi connectivity index (χ4n) is 2.58. The summed E-state index contributed by atoms with van der Waals surface area (Å²) in [6.45, 7) is 1.51. The number of amides is 1. The summed E-state index contributed by atoms with van der Waals surface area (Å²) in [7, 11) is 0. The Bertz CT molecular complexity index is 949. The first kappa shape index (κ1) is 20.6. The molecule has 29 heavy (non-hydrogen) atoms. The minimum atomic E-state index is -1.00. The van der Waals surface area contributed by atoms with Gasteiger partial charge >= 0.3 is 5.97 Å². The zero-order chi connectivity index (χ0) is 20.6. The molecule has 0 unspecified atom stereocenters. The number of esters is 1. The van der Waals surface area contributed by atoms with E-state index >= 15 is 0 Å². The Kier molecular flexibility index (Phi) is 7.03. The molecule has 0 saturated carbocycles. The van der Waals surface area contributed by atoms with E-state index in [1.165, 1.54) is 43.0 Å². The Labute approximate surface area is 173 Å². The average molecular weight is 409 g/mol. The van der Waals surface area contributed by atoms with Crippen molar-refractivity contribution in [3.05, 3.63) is 96.3 Å². The van der Waals surface area contributed by atoms with Gasteiger partial charge in [0.25, 0.3) is 5.91 Å². The van der Waals surface area contributed by atoms with Crippen molar-refractivity contribution in [3.8, 4) is 0 Å². The van der Waals surface area contributed by atoms with Crippen molar-refractivity contribution in [2.45, 2.75) is 23.2 Å². The van der Waals surface area contributed by atoms with Crippen molar-refractivity contribution in [1.29, 1.82) is 0 Å². The normalized spacial score (nSPS) is 12.6. The summed E-state index contributed by atoms with van der Waals surface area (Å²) in [5, 5.41) is 2.00.